The van der Waals surface area contributed by atoms with Crippen LogP contribution in [0, 0.1) is 6.92 Å². The highest BCUT2D eigenvalue weighted by Crippen LogP contribution is 2.34. The topological polar surface area (TPSA) is 64.0 Å². The Morgan fingerprint density at radius 1 is 1.00 bits per heavy atom. The second-order valence-electron chi connectivity index (χ2n) is 9.87. The molecule has 0 aliphatic carbocycles. The van der Waals surface area contributed by atoms with Crippen LogP contribution in [0.2, 0.25) is 5.02 Å². The highest BCUT2D eigenvalue weighted by atomic mass is 35.5. The Labute approximate surface area is 224 Å². The summed E-state index contributed by atoms with van der Waals surface area (Å²) in [6, 6.07) is 10.2. The van der Waals surface area contributed by atoms with Crippen molar-refractivity contribution in [1.29, 1.82) is 0 Å². The molecule has 0 radical (unpaired) electrons. The number of anilines is 1. The fraction of sp³-hybridized carbons (Fsp3) is 0.536. The monoisotopic (exact) mass is 527 g/mol. The molecule has 37 heavy (non-hydrogen) atoms. The molecule has 2 aliphatic heterocycles. The Kier molecular flexibility index (Phi) is 8.39. The first-order valence-electron chi connectivity index (χ1n) is 13.2. The van der Waals surface area contributed by atoms with Crippen LogP contribution < -0.4 is 19.7 Å². The van der Waals surface area contributed by atoms with Crippen LogP contribution in [0.4, 0.5) is 5.69 Å². The maximum Gasteiger partial charge on any atom is 0.162 e. The van der Waals surface area contributed by atoms with Crippen molar-refractivity contribution in [2.75, 3.05) is 64.9 Å². The quantitative estimate of drug-likeness (QED) is 0.449. The van der Waals surface area contributed by atoms with Gasteiger partial charge in [-0.2, -0.15) is 5.10 Å². The Bertz CT molecular complexity index is 1200. The van der Waals surface area contributed by atoms with Crippen LogP contribution in [0.3, 0.4) is 0 Å². The molecule has 5 rings (SSSR count). The van der Waals surface area contributed by atoms with E-state index in [1.165, 1.54) is 5.69 Å². The molecule has 8 nitrogen and oxygen atoms in total. The molecule has 3 heterocycles. The largest absolute Gasteiger partial charge is 0.493 e. The van der Waals surface area contributed by atoms with Crippen molar-refractivity contribution in [2.45, 2.75) is 39.0 Å². The van der Waals surface area contributed by atoms with Crippen LogP contribution >= 0.6 is 11.6 Å². The summed E-state index contributed by atoms with van der Waals surface area (Å²) < 4.78 is 19.6. The number of ether oxygens (including phenoxy) is 3. The maximum atomic E-state index is 6.36. The van der Waals surface area contributed by atoms with E-state index in [0.29, 0.717) is 18.1 Å². The summed E-state index contributed by atoms with van der Waals surface area (Å²) in [5, 5.41) is 10.3. The summed E-state index contributed by atoms with van der Waals surface area (Å²) in [4.78, 5) is 4.95. The zero-order chi connectivity index (χ0) is 25.8. The van der Waals surface area contributed by atoms with Gasteiger partial charge in [-0.05, 0) is 56.6 Å². The number of methoxy groups -OCH3 is 2. The third-order valence-electron chi connectivity index (χ3n) is 7.65. The molecular formula is C28H38ClN5O3. The van der Waals surface area contributed by atoms with E-state index >= 15 is 0 Å². The van der Waals surface area contributed by atoms with Crippen molar-refractivity contribution in [3.8, 4) is 11.5 Å². The number of hydrogen-bond donors (Lipinski definition) is 1. The van der Waals surface area contributed by atoms with Gasteiger partial charge in [0.2, 0.25) is 0 Å². The highest BCUT2D eigenvalue weighted by molar-refractivity contribution is 6.31. The molecule has 0 spiro atoms. The molecule has 2 aromatic carbocycles. The van der Waals surface area contributed by atoms with Crippen molar-refractivity contribution >= 4 is 28.2 Å². The molecule has 0 unspecified atom stereocenters. The van der Waals surface area contributed by atoms with Gasteiger partial charge in [0.25, 0.3) is 0 Å². The number of aromatic nitrogens is 2. The Hall–Kier alpha value is -2.52. The minimum atomic E-state index is 0.279. The molecule has 3 aromatic rings. The van der Waals surface area contributed by atoms with E-state index < -0.39 is 0 Å². The molecule has 1 aromatic heterocycles. The summed E-state index contributed by atoms with van der Waals surface area (Å²) >= 11 is 6.36. The van der Waals surface area contributed by atoms with E-state index in [1.54, 1.807) is 14.2 Å². The molecule has 1 N–H and O–H groups in total. The lowest BCUT2D eigenvalue weighted by atomic mass is 10.1. The van der Waals surface area contributed by atoms with Crippen LogP contribution in [-0.2, 0) is 17.9 Å². The molecular weight excluding hydrogens is 490 g/mol. The maximum absolute atomic E-state index is 6.36. The number of nitrogens with one attached hydrogen (secondary N) is 1. The number of halogens is 1. The molecule has 0 saturated carbocycles. The predicted molar refractivity (Wildman–Crippen MR) is 148 cm³/mol. The van der Waals surface area contributed by atoms with Crippen LogP contribution in [0.15, 0.2) is 30.3 Å². The zero-order valence-corrected chi connectivity index (χ0v) is 22.9. The Morgan fingerprint density at radius 2 is 1.73 bits per heavy atom. The predicted octanol–water partition coefficient (Wildman–Crippen LogP) is 4.11. The average molecular weight is 528 g/mol. The standard InChI is InChI=1S/C28H38ClN5O3/c1-20-23(29)5-4-6-25(20)33-14-11-32(12-15-33)13-16-34-26-18-28(36-3)27(35-2)17-22(26)24(31-34)19-37-21-7-9-30-10-8-21/h4-6,17-18,21,30H,7-16,19H2,1-3H3. The zero-order valence-electron chi connectivity index (χ0n) is 22.1. The van der Waals surface area contributed by atoms with Gasteiger partial charge in [-0.25, -0.2) is 0 Å². The van der Waals surface area contributed by atoms with E-state index in [1.807, 2.05) is 24.3 Å². The molecule has 0 atom stereocenters. The van der Waals surface area contributed by atoms with Crippen molar-refractivity contribution < 1.29 is 14.2 Å². The van der Waals surface area contributed by atoms with E-state index in [9.17, 15) is 0 Å². The summed E-state index contributed by atoms with van der Waals surface area (Å²) in [5.74, 6) is 1.43. The number of rotatable bonds is 9. The van der Waals surface area contributed by atoms with Crippen molar-refractivity contribution in [1.82, 2.24) is 20.0 Å². The van der Waals surface area contributed by atoms with Crippen LogP contribution in [0.25, 0.3) is 10.9 Å². The van der Waals surface area contributed by atoms with E-state index in [0.717, 1.165) is 92.4 Å². The molecule has 2 aliphatic rings. The van der Waals surface area contributed by atoms with Gasteiger partial charge >= 0.3 is 0 Å². The van der Waals surface area contributed by atoms with Crippen LogP contribution in [0.1, 0.15) is 24.1 Å². The third-order valence-corrected chi connectivity index (χ3v) is 8.06. The third kappa shape index (κ3) is 5.82. The average Bonchev–Trinajstić information content (AvgIpc) is 3.28. The molecule has 2 fully saturated rings. The Balaban J connectivity index is 1.28. The van der Waals surface area contributed by atoms with Gasteiger partial charge in [-0.1, -0.05) is 17.7 Å². The Morgan fingerprint density at radius 3 is 2.46 bits per heavy atom. The fourth-order valence-electron chi connectivity index (χ4n) is 5.39. The molecule has 0 amide bonds. The number of piperazine rings is 1. The van der Waals surface area contributed by atoms with E-state index in [4.69, 9.17) is 30.9 Å². The highest BCUT2D eigenvalue weighted by Gasteiger charge is 2.21. The van der Waals surface area contributed by atoms with Crippen LogP contribution in [0.5, 0.6) is 11.5 Å². The molecule has 9 heteroatoms. The number of piperidine rings is 1. The van der Waals surface area contributed by atoms with Crippen molar-refractivity contribution in [2.24, 2.45) is 0 Å². The molecule has 2 saturated heterocycles. The summed E-state index contributed by atoms with van der Waals surface area (Å²) in [7, 11) is 3.34. The van der Waals surface area contributed by atoms with Gasteiger partial charge in [0.05, 0.1) is 44.7 Å². The number of nitrogens with zero attached hydrogens (tertiary/aromatic N) is 4. The lowest BCUT2D eigenvalue weighted by molar-refractivity contribution is 0.0198. The van der Waals surface area contributed by atoms with Gasteiger partial charge in [-0.15, -0.1) is 0 Å². The molecule has 200 valence electrons. The van der Waals surface area contributed by atoms with Crippen LogP contribution in [-0.4, -0.2) is 80.8 Å². The van der Waals surface area contributed by atoms with Crippen molar-refractivity contribution in [3.05, 3.63) is 46.6 Å². The second kappa shape index (κ2) is 11.9. The minimum Gasteiger partial charge on any atom is -0.493 e. The smallest absolute Gasteiger partial charge is 0.162 e. The lowest BCUT2D eigenvalue weighted by Crippen LogP contribution is -2.47. The van der Waals surface area contributed by atoms with Gasteiger partial charge in [0.15, 0.2) is 11.5 Å². The molecule has 0 bridgehead atoms. The van der Waals surface area contributed by atoms with Gasteiger partial charge in [-0.3, -0.25) is 9.58 Å². The van der Waals surface area contributed by atoms with E-state index in [2.05, 4.69) is 32.8 Å². The summed E-state index contributed by atoms with van der Waals surface area (Å²) in [6.45, 7) is 10.3. The second-order valence-corrected chi connectivity index (χ2v) is 10.3. The normalized spacial score (nSPS) is 17.5. The minimum absolute atomic E-state index is 0.279. The first-order valence-corrected chi connectivity index (χ1v) is 13.6. The number of fused-ring (bicyclic) bond motifs is 1. The first-order chi connectivity index (χ1) is 18.1. The number of hydrogen-bond acceptors (Lipinski definition) is 7. The number of benzene rings is 2. The van der Waals surface area contributed by atoms with E-state index in [-0.39, 0.29) is 6.10 Å². The summed E-state index contributed by atoms with van der Waals surface area (Å²) in [6.07, 6.45) is 2.36. The lowest BCUT2D eigenvalue weighted by Gasteiger charge is -2.37. The fourth-order valence-corrected chi connectivity index (χ4v) is 5.56. The first kappa shape index (κ1) is 26.1. The SMILES string of the molecule is COc1cc2c(COC3CCNCC3)nn(CCN3CCN(c4cccc(Cl)c4C)CC3)c2cc1OC. The van der Waals surface area contributed by atoms with Gasteiger partial charge in [0, 0.05) is 54.9 Å². The van der Waals surface area contributed by atoms with Gasteiger partial charge < -0.3 is 24.4 Å². The van der Waals surface area contributed by atoms with Crippen molar-refractivity contribution in [3.63, 3.8) is 0 Å². The van der Waals surface area contributed by atoms with Gasteiger partial charge in [0.1, 0.15) is 0 Å². The summed E-state index contributed by atoms with van der Waals surface area (Å²) in [5.41, 5.74) is 4.40.